The van der Waals surface area contributed by atoms with Crippen LogP contribution in [0, 0.1) is 0 Å². The van der Waals surface area contributed by atoms with E-state index in [9.17, 15) is 27.6 Å². The van der Waals surface area contributed by atoms with Crippen molar-refractivity contribution in [3.63, 3.8) is 0 Å². The van der Waals surface area contributed by atoms with Gasteiger partial charge in [-0.15, -0.1) is 0 Å². The minimum absolute atomic E-state index is 0.0777. The number of halogens is 3. The predicted molar refractivity (Wildman–Crippen MR) is 71.3 cm³/mol. The first-order valence-corrected chi connectivity index (χ1v) is 6.32. The average Bonchev–Trinajstić information content (AvgIpc) is 2.37. The molecular formula is C14H14F3NO4. The zero-order valence-corrected chi connectivity index (χ0v) is 11.9. The monoisotopic (exact) mass is 317 g/mol. The minimum atomic E-state index is -4.62. The molecule has 1 aromatic carbocycles. The number of anilines is 1. The van der Waals surface area contributed by atoms with Crippen molar-refractivity contribution < 1.29 is 32.3 Å². The lowest BCUT2D eigenvalue weighted by Crippen LogP contribution is -2.20. The van der Waals surface area contributed by atoms with Crippen molar-refractivity contribution >= 4 is 23.3 Å². The van der Waals surface area contributed by atoms with Gasteiger partial charge in [0, 0.05) is 5.56 Å². The zero-order chi connectivity index (χ0) is 16.9. The van der Waals surface area contributed by atoms with Gasteiger partial charge in [-0.25, -0.2) is 0 Å². The van der Waals surface area contributed by atoms with Crippen molar-refractivity contribution in [2.24, 2.45) is 0 Å². The van der Waals surface area contributed by atoms with Gasteiger partial charge in [0.05, 0.1) is 17.9 Å². The van der Waals surface area contributed by atoms with Crippen molar-refractivity contribution in [1.29, 1.82) is 0 Å². The Morgan fingerprint density at radius 1 is 1.23 bits per heavy atom. The van der Waals surface area contributed by atoms with Crippen LogP contribution in [0.4, 0.5) is 18.9 Å². The second-order valence-electron chi connectivity index (χ2n) is 4.34. The van der Waals surface area contributed by atoms with Gasteiger partial charge in [-0.2, -0.15) is 13.2 Å². The number of ether oxygens (including phenoxy) is 1. The molecule has 5 nitrogen and oxygen atoms in total. The van der Waals surface area contributed by atoms with E-state index < -0.39 is 35.8 Å². The number of nitrogens with one attached hydrogen (secondary N) is 1. The molecule has 0 aliphatic carbocycles. The first-order valence-electron chi connectivity index (χ1n) is 6.32. The van der Waals surface area contributed by atoms with Crippen LogP contribution in [0.2, 0.25) is 0 Å². The Labute approximate surface area is 124 Å². The Kier molecular flexibility index (Phi) is 5.67. The molecule has 0 atom stereocenters. The van der Waals surface area contributed by atoms with E-state index in [4.69, 9.17) is 0 Å². The summed E-state index contributed by atoms with van der Waals surface area (Å²) in [5.41, 5.74) is -1.38. The highest BCUT2D eigenvalue weighted by Crippen LogP contribution is 2.32. The van der Waals surface area contributed by atoms with Crippen LogP contribution in [0.25, 0.3) is 0 Å². The highest BCUT2D eigenvalue weighted by molar-refractivity contribution is 6.07. The largest absolute Gasteiger partial charge is 0.466 e. The molecule has 1 N–H and O–H groups in total. The smallest absolute Gasteiger partial charge is 0.416 e. The topological polar surface area (TPSA) is 72.5 Å². The number of benzene rings is 1. The van der Waals surface area contributed by atoms with E-state index in [2.05, 4.69) is 10.1 Å². The Morgan fingerprint density at radius 3 is 2.36 bits per heavy atom. The lowest BCUT2D eigenvalue weighted by Gasteiger charge is -2.13. The van der Waals surface area contributed by atoms with Crippen LogP contribution in [0.15, 0.2) is 18.2 Å². The van der Waals surface area contributed by atoms with E-state index in [1.165, 1.54) is 0 Å². The van der Waals surface area contributed by atoms with Crippen molar-refractivity contribution in [2.75, 3.05) is 11.9 Å². The summed E-state index contributed by atoms with van der Waals surface area (Å²) >= 11 is 0. The van der Waals surface area contributed by atoms with Gasteiger partial charge < -0.3 is 10.1 Å². The maximum atomic E-state index is 12.7. The zero-order valence-electron chi connectivity index (χ0n) is 11.9. The van der Waals surface area contributed by atoms with Crippen molar-refractivity contribution in [3.8, 4) is 0 Å². The molecule has 1 amide bonds. The summed E-state index contributed by atoms with van der Waals surface area (Å²) in [5, 5.41) is 2.13. The molecule has 0 aliphatic rings. The molecular weight excluding hydrogens is 303 g/mol. The predicted octanol–water partition coefficient (Wildman–Crippen LogP) is 2.80. The number of carbonyl (C=O) groups excluding carboxylic acids is 3. The molecule has 22 heavy (non-hydrogen) atoms. The van der Waals surface area contributed by atoms with Gasteiger partial charge in [0.25, 0.3) is 0 Å². The Bertz CT molecular complexity index is 596. The van der Waals surface area contributed by atoms with Gasteiger partial charge in [-0.1, -0.05) is 0 Å². The number of ketones is 1. The normalized spacial score (nSPS) is 11.0. The summed E-state index contributed by atoms with van der Waals surface area (Å²) in [6.07, 6.45) is -5.27. The highest BCUT2D eigenvalue weighted by Gasteiger charge is 2.31. The third kappa shape index (κ3) is 4.87. The number of carbonyl (C=O) groups is 3. The minimum Gasteiger partial charge on any atom is -0.466 e. The lowest BCUT2D eigenvalue weighted by molar-refractivity contribution is -0.145. The Balaban J connectivity index is 3.02. The lowest BCUT2D eigenvalue weighted by atomic mass is 10.1. The fourth-order valence-electron chi connectivity index (χ4n) is 1.67. The second-order valence-corrected chi connectivity index (χ2v) is 4.34. The number of hydrogen-bond acceptors (Lipinski definition) is 4. The molecule has 0 heterocycles. The second kappa shape index (κ2) is 7.06. The van der Waals surface area contributed by atoms with Crippen LogP contribution in [0.1, 0.15) is 36.2 Å². The van der Waals surface area contributed by atoms with Crippen LogP contribution >= 0.6 is 0 Å². The summed E-state index contributed by atoms with van der Waals surface area (Å²) in [7, 11) is 0. The fraction of sp³-hybridized carbons (Fsp3) is 0.357. The summed E-state index contributed by atoms with van der Waals surface area (Å²) in [5.74, 6) is -2.18. The number of amides is 1. The summed E-state index contributed by atoms with van der Waals surface area (Å²) < 4.78 is 42.6. The van der Waals surface area contributed by atoms with E-state index in [1.54, 1.807) is 6.92 Å². The third-order valence-electron chi connectivity index (χ3n) is 2.61. The molecule has 1 aromatic rings. The summed E-state index contributed by atoms with van der Waals surface area (Å²) in [6, 6.07) is 2.38. The van der Waals surface area contributed by atoms with Crippen molar-refractivity contribution in [2.45, 2.75) is 26.4 Å². The standard InChI is InChI=1S/C14H14F3NO4/c1-3-22-13(21)7-12(20)18-11-6-9(14(15,16)17)4-5-10(11)8(2)19/h4-6H,3,7H2,1-2H3,(H,18,20). The molecule has 0 bridgehead atoms. The molecule has 0 saturated heterocycles. The number of Topliss-reactive ketones (excluding diaryl/α,β-unsaturated/α-hetero) is 1. The van der Waals surface area contributed by atoms with Gasteiger partial charge >= 0.3 is 12.1 Å². The maximum Gasteiger partial charge on any atom is 0.416 e. The van der Waals surface area contributed by atoms with E-state index >= 15 is 0 Å². The maximum absolute atomic E-state index is 12.7. The first kappa shape index (κ1) is 17.7. The van der Waals surface area contributed by atoms with Crippen molar-refractivity contribution in [3.05, 3.63) is 29.3 Å². The number of esters is 1. The number of rotatable bonds is 5. The van der Waals surface area contributed by atoms with Crippen LogP contribution in [0.5, 0.6) is 0 Å². The van der Waals surface area contributed by atoms with Gasteiger partial charge in [-0.3, -0.25) is 14.4 Å². The molecule has 0 aliphatic heterocycles. The molecule has 0 aromatic heterocycles. The molecule has 1 rings (SSSR count). The Hall–Kier alpha value is -2.38. The molecule has 120 valence electrons. The molecule has 0 radical (unpaired) electrons. The van der Waals surface area contributed by atoms with Crippen LogP contribution in [-0.2, 0) is 20.5 Å². The van der Waals surface area contributed by atoms with E-state index in [0.717, 1.165) is 19.1 Å². The molecule has 0 unspecified atom stereocenters. The van der Waals surface area contributed by atoms with Gasteiger partial charge in [0.2, 0.25) is 5.91 Å². The van der Waals surface area contributed by atoms with Crippen LogP contribution in [-0.4, -0.2) is 24.3 Å². The molecule has 0 spiro atoms. The van der Waals surface area contributed by atoms with Crippen LogP contribution in [0.3, 0.4) is 0 Å². The van der Waals surface area contributed by atoms with E-state index in [-0.39, 0.29) is 17.9 Å². The number of alkyl halides is 3. The van der Waals surface area contributed by atoms with Gasteiger partial charge in [-0.05, 0) is 32.0 Å². The van der Waals surface area contributed by atoms with Crippen LogP contribution < -0.4 is 5.32 Å². The fourth-order valence-corrected chi connectivity index (χ4v) is 1.67. The molecule has 8 heteroatoms. The molecule has 0 fully saturated rings. The SMILES string of the molecule is CCOC(=O)CC(=O)Nc1cc(C(F)(F)F)ccc1C(C)=O. The first-order chi connectivity index (χ1) is 10.1. The van der Waals surface area contributed by atoms with E-state index in [0.29, 0.717) is 6.07 Å². The van der Waals surface area contributed by atoms with Crippen molar-refractivity contribution in [1.82, 2.24) is 0 Å². The average molecular weight is 317 g/mol. The quantitative estimate of drug-likeness (QED) is 0.515. The van der Waals surface area contributed by atoms with E-state index in [1.807, 2.05) is 0 Å². The molecule has 0 saturated carbocycles. The summed E-state index contributed by atoms with van der Waals surface area (Å²) in [6.45, 7) is 2.79. The number of hydrogen-bond donors (Lipinski definition) is 1. The van der Waals surface area contributed by atoms with Gasteiger partial charge in [0.15, 0.2) is 5.78 Å². The van der Waals surface area contributed by atoms with Gasteiger partial charge in [0.1, 0.15) is 6.42 Å². The Morgan fingerprint density at radius 2 is 1.86 bits per heavy atom. The third-order valence-corrected chi connectivity index (χ3v) is 2.61. The highest BCUT2D eigenvalue weighted by atomic mass is 19.4. The summed E-state index contributed by atoms with van der Waals surface area (Å²) in [4.78, 5) is 34.2.